The first-order valence-corrected chi connectivity index (χ1v) is 6.54. The molecule has 7 heteroatoms. The number of phenolic OH excluding ortho intramolecular Hbond substituents is 1. The summed E-state index contributed by atoms with van der Waals surface area (Å²) in [5.41, 5.74) is -0.00801. The highest BCUT2D eigenvalue weighted by molar-refractivity contribution is 9.10. The number of aromatic carboxylic acids is 1. The van der Waals surface area contributed by atoms with Gasteiger partial charge in [-0.2, -0.15) is 0 Å². The number of phenols is 2. The standard InChI is InChI=1S/C14H10BrNO5/c15-7-1-4-11(17)10(5-7)13(19)16-8-2-3-9(14(20)21)12(18)6-8/h1-6,17-18H,(H,16,19)(H,20,21). The van der Waals surface area contributed by atoms with Crippen LogP contribution in [0.3, 0.4) is 0 Å². The Balaban J connectivity index is 2.26. The Morgan fingerprint density at radius 1 is 0.952 bits per heavy atom. The summed E-state index contributed by atoms with van der Waals surface area (Å²) in [6.07, 6.45) is 0. The van der Waals surface area contributed by atoms with Crippen molar-refractivity contribution in [3.8, 4) is 11.5 Å². The summed E-state index contributed by atoms with van der Waals surface area (Å²) in [5.74, 6) is -2.51. The molecule has 0 atom stereocenters. The molecule has 0 unspecified atom stereocenters. The molecule has 1 amide bonds. The first kappa shape index (κ1) is 14.9. The molecule has 2 aromatic carbocycles. The van der Waals surface area contributed by atoms with E-state index < -0.39 is 17.6 Å². The van der Waals surface area contributed by atoms with Gasteiger partial charge in [-0.25, -0.2) is 4.79 Å². The Labute approximate surface area is 127 Å². The first-order chi connectivity index (χ1) is 9.88. The van der Waals surface area contributed by atoms with E-state index in [1.165, 1.54) is 24.3 Å². The highest BCUT2D eigenvalue weighted by atomic mass is 79.9. The maximum absolute atomic E-state index is 12.0. The largest absolute Gasteiger partial charge is 0.507 e. The van der Waals surface area contributed by atoms with Gasteiger partial charge in [0.2, 0.25) is 0 Å². The van der Waals surface area contributed by atoms with Gasteiger partial charge in [-0.05, 0) is 30.3 Å². The molecule has 108 valence electrons. The van der Waals surface area contributed by atoms with Crippen molar-refractivity contribution < 1.29 is 24.9 Å². The highest BCUT2D eigenvalue weighted by Gasteiger charge is 2.14. The van der Waals surface area contributed by atoms with Crippen molar-refractivity contribution in [2.45, 2.75) is 0 Å². The molecule has 2 aromatic rings. The van der Waals surface area contributed by atoms with E-state index in [9.17, 15) is 19.8 Å². The summed E-state index contributed by atoms with van der Waals surface area (Å²) >= 11 is 3.19. The number of amides is 1. The van der Waals surface area contributed by atoms with Crippen LogP contribution in [0.25, 0.3) is 0 Å². The van der Waals surface area contributed by atoms with E-state index >= 15 is 0 Å². The van der Waals surface area contributed by atoms with Gasteiger partial charge in [0.25, 0.3) is 5.91 Å². The molecule has 0 radical (unpaired) electrons. The van der Waals surface area contributed by atoms with Gasteiger partial charge in [-0.15, -0.1) is 0 Å². The number of benzene rings is 2. The Morgan fingerprint density at radius 2 is 1.67 bits per heavy atom. The zero-order valence-corrected chi connectivity index (χ0v) is 12.1. The maximum atomic E-state index is 12.0. The summed E-state index contributed by atoms with van der Waals surface area (Å²) in [6.45, 7) is 0. The van der Waals surface area contributed by atoms with Crippen LogP contribution < -0.4 is 5.32 Å². The number of nitrogens with one attached hydrogen (secondary N) is 1. The van der Waals surface area contributed by atoms with Gasteiger partial charge < -0.3 is 20.6 Å². The summed E-state index contributed by atoms with van der Waals surface area (Å²) in [7, 11) is 0. The van der Waals surface area contributed by atoms with Crippen LogP contribution in [0.5, 0.6) is 11.5 Å². The second-order valence-corrected chi connectivity index (χ2v) is 5.07. The molecule has 0 heterocycles. The molecule has 0 aliphatic carbocycles. The van der Waals surface area contributed by atoms with E-state index in [-0.39, 0.29) is 22.6 Å². The fourth-order valence-corrected chi connectivity index (χ4v) is 2.04. The highest BCUT2D eigenvalue weighted by Crippen LogP contribution is 2.25. The number of anilines is 1. The van der Waals surface area contributed by atoms with Crippen molar-refractivity contribution in [2.24, 2.45) is 0 Å². The van der Waals surface area contributed by atoms with E-state index in [0.717, 1.165) is 6.07 Å². The minimum absolute atomic E-state index is 0.0474. The van der Waals surface area contributed by atoms with Crippen LogP contribution in [0, 0.1) is 0 Å². The van der Waals surface area contributed by atoms with Crippen molar-refractivity contribution in [2.75, 3.05) is 5.32 Å². The smallest absolute Gasteiger partial charge is 0.339 e. The molecule has 2 rings (SSSR count). The van der Waals surface area contributed by atoms with Gasteiger partial charge in [-0.1, -0.05) is 15.9 Å². The summed E-state index contributed by atoms with van der Waals surface area (Å²) in [6, 6.07) is 8.03. The monoisotopic (exact) mass is 351 g/mol. The van der Waals surface area contributed by atoms with Crippen molar-refractivity contribution in [1.82, 2.24) is 0 Å². The Kier molecular flexibility index (Phi) is 4.13. The minimum atomic E-state index is -1.27. The molecule has 0 saturated carbocycles. The second kappa shape index (κ2) is 5.84. The first-order valence-electron chi connectivity index (χ1n) is 5.74. The van der Waals surface area contributed by atoms with Crippen LogP contribution in [0.1, 0.15) is 20.7 Å². The van der Waals surface area contributed by atoms with Gasteiger partial charge in [0.1, 0.15) is 17.1 Å². The number of hydrogen-bond donors (Lipinski definition) is 4. The average molecular weight is 352 g/mol. The molecule has 0 bridgehead atoms. The lowest BCUT2D eigenvalue weighted by Gasteiger charge is -2.08. The number of aromatic hydroxyl groups is 2. The third kappa shape index (κ3) is 3.32. The van der Waals surface area contributed by atoms with E-state index in [4.69, 9.17) is 5.11 Å². The number of carboxylic acids is 1. The third-order valence-electron chi connectivity index (χ3n) is 2.69. The van der Waals surface area contributed by atoms with E-state index in [1.54, 1.807) is 6.07 Å². The molecule has 0 saturated heterocycles. The topological polar surface area (TPSA) is 107 Å². The molecule has 0 spiro atoms. The Hall–Kier alpha value is -2.54. The average Bonchev–Trinajstić information content (AvgIpc) is 2.41. The normalized spacial score (nSPS) is 10.1. The molecule has 4 N–H and O–H groups in total. The summed E-state index contributed by atoms with van der Waals surface area (Å²) in [4.78, 5) is 22.8. The molecule has 0 aliphatic heterocycles. The van der Waals surface area contributed by atoms with E-state index in [2.05, 4.69) is 21.2 Å². The number of carbonyl (C=O) groups excluding carboxylic acids is 1. The number of hydrogen-bond acceptors (Lipinski definition) is 4. The van der Waals surface area contributed by atoms with Crippen LogP contribution in [0.2, 0.25) is 0 Å². The van der Waals surface area contributed by atoms with Crippen molar-refractivity contribution in [1.29, 1.82) is 0 Å². The molecular formula is C14H10BrNO5. The van der Waals surface area contributed by atoms with Crippen molar-refractivity contribution >= 4 is 33.5 Å². The molecule has 0 fully saturated rings. The zero-order chi connectivity index (χ0) is 15.6. The quantitative estimate of drug-likeness (QED) is 0.680. The van der Waals surface area contributed by atoms with Gasteiger partial charge in [0.05, 0.1) is 5.56 Å². The van der Waals surface area contributed by atoms with Crippen LogP contribution in [-0.4, -0.2) is 27.2 Å². The third-order valence-corrected chi connectivity index (χ3v) is 3.18. The van der Waals surface area contributed by atoms with Gasteiger partial charge in [0, 0.05) is 16.2 Å². The van der Waals surface area contributed by atoms with Crippen LogP contribution in [-0.2, 0) is 0 Å². The molecule has 0 aromatic heterocycles. The Bertz CT molecular complexity index is 729. The molecule has 6 nitrogen and oxygen atoms in total. The fraction of sp³-hybridized carbons (Fsp3) is 0. The molecule has 0 aliphatic rings. The minimum Gasteiger partial charge on any atom is -0.507 e. The van der Waals surface area contributed by atoms with Crippen molar-refractivity contribution in [3.63, 3.8) is 0 Å². The molecule has 21 heavy (non-hydrogen) atoms. The zero-order valence-electron chi connectivity index (χ0n) is 10.5. The van der Waals surface area contributed by atoms with Crippen molar-refractivity contribution in [3.05, 3.63) is 52.0 Å². The SMILES string of the molecule is O=C(O)c1ccc(NC(=O)c2cc(Br)ccc2O)cc1O. The van der Waals surface area contributed by atoms with Crippen LogP contribution in [0.15, 0.2) is 40.9 Å². The maximum Gasteiger partial charge on any atom is 0.339 e. The predicted octanol–water partition coefficient (Wildman–Crippen LogP) is 2.81. The van der Waals surface area contributed by atoms with E-state index in [1.807, 2.05) is 0 Å². The second-order valence-electron chi connectivity index (χ2n) is 4.15. The lowest BCUT2D eigenvalue weighted by atomic mass is 10.1. The number of halogens is 1. The van der Waals surface area contributed by atoms with Gasteiger partial charge in [0.15, 0.2) is 0 Å². The van der Waals surface area contributed by atoms with E-state index in [0.29, 0.717) is 4.47 Å². The lowest BCUT2D eigenvalue weighted by molar-refractivity contribution is 0.0693. The summed E-state index contributed by atoms with van der Waals surface area (Å²) < 4.78 is 0.620. The Morgan fingerprint density at radius 3 is 2.29 bits per heavy atom. The van der Waals surface area contributed by atoms with Crippen LogP contribution in [0.4, 0.5) is 5.69 Å². The fourth-order valence-electron chi connectivity index (χ4n) is 1.68. The lowest BCUT2D eigenvalue weighted by Crippen LogP contribution is -2.12. The van der Waals surface area contributed by atoms with Crippen LogP contribution >= 0.6 is 15.9 Å². The number of carboxylic acid groups (broad SMARTS) is 1. The van der Waals surface area contributed by atoms with Gasteiger partial charge in [-0.3, -0.25) is 4.79 Å². The number of rotatable bonds is 3. The van der Waals surface area contributed by atoms with Gasteiger partial charge >= 0.3 is 5.97 Å². The number of carbonyl (C=O) groups is 2. The predicted molar refractivity (Wildman–Crippen MR) is 78.8 cm³/mol. The molecular weight excluding hydrogens is 342 g/mol. The summed E-state index contributed by atoms with van der Waals surface area (Å²) in [5, 5.41) is 30.5.